The molecule has 1 fully saturated rings. The molecule has 0 aliphatic heterocycles. The molecular formula is C27H34Cl2N2O2. The largest absolute Gasteiger partial charge is 0.352 e. The van der Waals surface area contributed by atoms with Gasteiger partial charge in [0.2, 0.25) is 11.8 Å². The number of nitrogens with one attached hydrogen (secondary N) is 1. The molecule has 0 saturated heterocycles. The summed E-state index contributed by atoms with van der Waals surface area (Å²) in [6.45, 7) is 6.31. The number of carbonyl (C=O) groups is 2. The van der Waals surface area contributed by atoms with Crippen LogP contribution >= 0.6 is 23.2 Å². The second-order valence-corrected chi connectivity index (χ2v) is 9.96. The normalized spacial score (nSPS) is 15.2. The second-order valence-electron chi connectivity index (χ2n) is 9.12. The predicted octanol–water partition coefficient (Wildman–Crippen LogP) is 6.41. The van der Waals surface area contributed by atoms with Gasteiger partial charge in [0.05, 0.1) is 6.42 Å². The van der Waals surface area contributed by atoms with Crippen LogP contribution in [0.3, 0.4) is 0 Å². The van der Waals surface area contributed by atoms with Crippen LogP contribution in [0.5, 0.6) is 0 Å². The Morgan fingerprint density at radius 3 is 2.39 bits per heavy atom. The van der Waals surface area contributed by atoms with Crippen LogP contribution in [0.2, 0.25) is 10.0 Å². The van der Waals surface area contributed by atoms with Crippen LogP contribution in [0.15, 0.2) is 36.4 Å². The number of carbonyl (C=O) groups excluding carboxylic acids is 2. The molecule has 1 saturated carbocycles. The summed E-state index contributed by atoms with van der Waals surface area (Å²) in [6, 6.07) is 11.0. The molecule has 33 heavy (non-hydrogen) atoms. The van der Waals surface area contributed by atoms with Gasteiger partial charge in [0.15, 0.2) is 0 Å². The summed E-state index contributed by atoms with van der Waals surface area (Å²) < 4.78 is 0. The molecule has 0 spiro atoms. The first-order chi connectivity index (χ1) is 15.8. The zero-order valence-electron chi connectivity index (χ0n) is 19.8. The number of hydrogen-bond donors (Lipinski definition) is 1. The van der Waals surface area contributed by atoms with Crippen LogP contribution in [-0.2, 0) is 22.6 Å². The summed E-state index contributed by atoms with van der Waals surface area (Å²) in [5.74, 6) is -0.169. The van der Waals surface area contributed by atoms with Gasteiger partial charge in [-0.05, 0) is 67.5 Å². The van der Waals surface area contributed by atoms with E-state index in [4.69, 9.17) is 23.2 Å². The highest BCUT2D eigenvalue weighted by atomic mass is 35.5. The van der Waals surface area contributed by atoms with Gasteiger partial charge < -0.3 is 10.2 Å². The van der Waals surface area contributed by atoms with Crippen molar-refractivity contribution in [3.05, 3.63) is 68.7 Å². The standard InChI is InChI=1S/C27H34Cl2N2O2/c1-4-25(27(33)30-23-8-6-5-7-9-23)31(17-21-12-13-22(28)16-24(21)29)26(32)15-20-11-10-18(2)19(3)14-20/h10-14,16,23,25H,4-9,15,17H2,1-3H3,(H,30,33)/t25-/m0/s1. The van der Waals surface area contributed by atoms with Gasteiger partial charge in [0, 0.05) is 22.6 Å². The van der Waals surface area contributed by atoms with Crippen molar-refractivity contribution >= 4 is 35.0 Å². The number of nitrogens with zero attached hydrogens (tertiary/aromatic N) is 1. The molecule has 1 N–H and O–H groups in total. The van der Waals surface area contributed by atoms with E-state index in [1.807, 2.05) is 38.1 Å². The summed E-state index contributed by atoms with van der Waals surface area (Å²) in [5.41, 5.74) is 4.06. The molecule has 1 atom stereocenters. The lowest BCUT2D eigenvalue weighted by Crippen LogP contribution is -2.52. The number of hydrogen-bond acceptors (Lipinski definition) is 2. The summed E-state index contributed by atoms with van der Waals surface area (Å²) >= 11 is 12.5. The maximum atomic E-state index is 13.6. The molecule has 0 aromatic heterocycles. The van der Waals surface area contributed by atoms with Crippen molar-refractivity contribution < 1.29 is 9.59 Å². The van der Waals surface area contributed by atoms with Gasteiger partial charge in [-0.3, -0.25) is 9.59 Å². The fourth-order valence-corrected chi connectivity index (χ4v) is 4.96. The highest BCUT2D eigenvalue weighted by Crippen LogP contribution is 2.25. The maximum absolute atomic E-state index is 13.6. The summed E-state index contributed by atoms with van der Waals surface area (Å²) in [4.78, 5) is 28.6. The highest BCUT2D eigenvalue weighted by molar-refractivity contribution is 6.35. The quantitative estimate of drug-likeness (QED) is 0.466. The van der Waals surface area contributed by atoms with Gasteiger partial charge in [-0.25, -0.2) is 0 Å². The molecule has 0 bridgehead atoms. The van der Waals surface area contributed by atoms with Gasteiger partial charge in [0.1, 0.15) is 6.04 Å². The summed E-state index contributed by atoms with van der Waals surface area (Å²) in [5, 5.41) is 4.24. The zero-order valence-corrected chi connectivity index (χ0v) is 21.3. The Morgan fingerprint density at radius 1 is 1.03 bits per heavy atom. The third-order valence-electron chi connectivity index (χ3n) is 6.62. The minimum absolute atomic E-state index is 0.0806. The minimum Gasteiger partial charge on any atom is -0.352 e. The van der Waals surface area contributed by atoms with Crippen molar-refractivity contribution in [2.75, 3.05) is 0 Å². The van der Waals surface area contributed by atoms with E-state index in [2.05, 4.69) is 12.2 Å². The van der Waals surface area contributed by atoms with E-state index in [0.29, 0.717) is 16.5 Å². The molecule has 0 radical (unpaired) electrons. The predicted molar refractivity (Wildman–Crippen MR) is 136 cm³/mol. The average molecular weight is 489 g/mol. The molecule has 3 rings (SSSR count). The maximum Gasteiger partial charge on any atom is 0.243 e. The first-order valence-electron chi connectivity index (χ1n) is 11.9. The van der Waals surface area contributed by atoms with Gasteiger partial charge in [-0.15, -0.1) is 0 Å². The third kappa shape index (κ3) is 6.97. The van der Waals surface area contributed by atoms with E-state index < -0.39 is 6.04 Å². The highest BCUT2D eigenvalue weighted by Gasteiger charge is 2.30. The van der Waals surface area contributed by atoms with Crippen molar-refractivity contribution in [2.24, 2.45) is 0 Å². The fraction of sp³-hybridized carbons (Fsp3) is 0.481. The minimum atomic E-state index is -0.558. The molecular weight excluding hydrogens is 455 g/mol. The molecule has 2 aromatic carbocycles. The Morgan fingerprint density at radius 2 is 1.76 bits per heavy atom. The van der Waals surface area contributed by atoms with Gasteiger partial charge >= 0.3 is 0 Å². The molecule has 2 aromatic rings. The van der Waals surface area contributed by atoms with Crippen molar-refractivity contribution in [1.29, 1.82) is 0 Å². The smallest absolute Gasteiger partial charge is 0.243 e. The molecule has 4 nitrogen and oxygen atoms in total. The Hall–Kier alpha value is -2.04. The van der Waals surface area contributed by atoms with E-state index >= 15 is 0 Å². The van der Waals surface area contributed by atoms with Crippen LogP contribution in [0, 0.1) is 13.8 Å². The van der Waals surface area contributed by atoms with E-state index in [1.165, 1.54) is 12.0 Å². The summed E-state index contributed by atoms with van der Waals surface area (Å²) in [6.07, 6.45) is 6.26. The van der Waals surface area contributed by atoms with Crippen LogP contribution in [0.4, 0.5) is 0 Å². The van der Waals surface area contributed by atoms with E-state index in [1.54, 1.807) is 17.0 Å². The third-order valence-corrected chi connectivity index (χ3v) is 7.21. The molecule has 0 unspecified atom stereocenters. The molecule has 178 valence electrons. The van der Waals surface area contributed by atoms with Gasteiger partial charge in [-0.2, -0.15) is 0 Å². The van der Waals surface area contributed by atoms with Gasteiger partial charge in [0.25, 0.3) is 0 Å². The van der Waals surface area contributed by atoms with Crippen LogP contribution in [0.25, 0.3) is 0 Å². The molecule has 1 aliphatic carbocycles. The van der Waals surface area contributed by atoms with Crippen molar-refractivity contribution in [3.8, 4) is 0 Å². The van der Waals surface area contributed by atoms with E-state index in [0.717, 1.165) is 42.4 Å². The lowest BCUT2D eigenvalue weighted by Gasteiger charge is -2.33. The van der Waals surface area contributed by atoms with E-state index in [9.17, 15) is 9.59 Å². The summed E-state index contributed by atoms with van der Waals surface area (Å²) in [7, 11) is 0. The average Bonchev–Trinajstić information content (AvgIpc) is 2.78. The van der Waals surface area contributed by atoms with Crippen LogP contribution in [-0.4, -0.2) is 28.8 Å². The SMILES string of the molecule is CC[C@@H](C(=O)NC1CCCCC1)N(Cc1ccc(Cl)cc1Cl)C(=O)Cc1ccc(C)c(C)c1. The Bertz CT molecular complexity index is 986. The van der Waals surface area contributed by atoms with Crippen LogP contribution < -0.4 is 5.32 Å². The zero-order chi connectivity index (χ0) is 24.0. The Balaban J connectivity index is 1.85. The number of aryl methyl sites for hydroxylation is 2. The first-order valence-corrected chi connectivity index (χ1v) is 12.6. The van der Waals surface area contributed by atoms with Crippen LogP contribution in [0.1, 0.15) is 67.7 Å². The monoisotopic (exact) mass is 488 g/mol. The molecule has 2 amide bonds. The first kappa shape index (κ1) is 25.6. The lowest BCUT2D eigenvalue weighted by atomic mass is 9.95. The van der Waals surface area contributed by atoms with Crippen molar-refractivity contribution in [3.63, 3.8) is 0 Å². The van der Waals surface area contributed by atoms with E-state index in [-0.39, 0.29) is 30.8 Å². The lowest BCUT2D eigenvalue weighted by molar-refractivity contribution is -0.141. The molecule has 1 aliphatic rings. The number of rotatable bonds is 8. The Labute approximate surface area is 207 Å². The topological polar surface area (TPSA) is 49.4 Å². The molecule has 0 heterocycles. The fourth-order valence-electron chi connectivity index (χ4n) is 4.49. The Kier molecular flexibility index (Phi) is 9.22. The number of halogens is 2. The van der Waals surface area contributed by atoms with Crippen molar-refractivity contribution in [1.82, 2.24) is 10.2 Å². The number of amides is 2. The van der Waals surface area contributed by atoms with Gasteiger partial charge in [-0.1, -0.05) is 73.7 Å². The van der Waals surface area contributed by atoms with Crippen molar-refractivity contribution in [2.45, 2.75) is 84.3 Å². The molecule has 6 heteroatoms. The second kappa shape index (κ2) is 11.9. The number of benzene rings is 2.